The number of nitrogens with zero attached hydrogens (tertiary/aromatic N) is 2. The van der Waals surface area contributed by atoms with Crippen molar-refractivity contribution in [1.82, 2.24) is 9.97 Å². The van der Waals surface area contributed by atoms with E-state index in [0.717, 1.165) is 12.8 Å². The van der Waals surface area contributed by atoms with Crippen molar-refractivity contribution in [2.75, 3.05) is 5.32 Å². The van der Waals surface area contributed by atoms with Crippen LogP contribution in [0.4, 0.5) is 15.9 Å². The van der Waals surface area contributed by atoms with Gasteiger partial charge < -0.3 is 5.32 Å². The first-order valence-corrected chi connectivity index (χ1v) is 7.01. The van der Waals surface area contributed by atoms with E-state index in [1.54, 1.807) is 13.0 Å². The second-order valence-corrected chi connectivity index (χ2v) is 5.23. The monoisotopic (exact) mass is 313 g/mol. The third-order valence-corrected chi connectivity index (χ3v) is 3.32. The van der Waals surface area contributed by atoms with Crippen LogP contribution in [0.25, 0.3) is 0 Å². The molecule has 0 saturated heterocycles. The number of nitrogens with one attached hydrogen (secondary N) is 1. The zero-order valence-electron chi connectivity index (χ0n) is 11.2. The van der Waals surface area contributed by atoms with Gasteiger partial charge in [0, 0.05) is 22.7 Å². The van der Waals surface area contributed by atoms with Gasteiger partial charge in [-0.05, 0) is 31.5 Å². The molecule has 2 aromatic rings. The SMILES string of the molecule is CCCc1nc(Cl)c(C)c(Nc2cc(F)cc(Cl)c2)n1. The molecule has 0 aliphatic carbocycles. The molecule has 6 heteroatoms. The molecular formula is C14H14Cl2FN3. The lowest BCUT2D eigenvalue weighted by Gasteiger charge is -2.11. The summed E-state index contributed by atoms with van der Waals surface area (Å²) < 4.78 is 13.3. The average molecular weight is 314 g/mol. The number of benzene rings is 1. The number of halogens is 3. The van der Waals surface area contributed by atoms with Crippen LogP contribution in [-0.2, 0) is 6.42 Å². The van der Waals surface area contributed by atoms with Gasteiger partial charge in [-0.25, -0.2) is 14.4 Å². The summed E-state index contributed by atoms with van der Waals surface area (Å²) in [6.45, 7) is 3.85. The van der Waals surface area contributed by atoms with Gasteiger partial charge in [0.05, 0.1) is 0 Å². The Bertz CT molecular complexity index is 612. The van der Waals surface area contributed by atoms with Gasteiger partial charge in [0.25, 0.3) is 0 Å². The Hall–Kier alpha value is -1.39. The van der Waals surface area contributed by atoms with Crippen LogP contribution in [0.15, 0.2) is 18.2 Å². The van der Waals surface area contributed by atoms with Crippen LogP contribution in [0.1, 0.15) is 24.7 Å². The van der Waals surface area contributed by atoms with Crippen LogP contribution in [-0.4, -0.2) is 9.97 Å². The first-order chi connectivity index (χ1) is 9.49. The van der Waals surface area contributed by atoms with E-state index in [1.807, 2.05) is 6.92 Å². The lowest BCUT2D eigenvalue weighted by atomic mass is 10.2. The fraction of sp³-hybridized carbons (Fsp3) is 0.286. The van der Waals surface area contributed by atoms with Crippen molar-refractivity contribution in [3.05, 3.63) is 45.6 Å². The van der Waals surface area contributed by atoms with Gasteiger partial charge in [-0.2, -0.15) is 0 Å². The molecule has 0 aliphatic rings. The minimum absolute atomic E-state index is 0.319. The maximum Gasteiger partial charge on any atom is 0.138 e. The highest BCUT2D eigenvalue weighted by atomic mass is 35.5. The van der Waals surface area contributed by atoms with Crippen molar-refractivity contribution in [1.29, 1.82) is 0 Å². The summed E-state index contributed by atoms with van der Waals surface area (Å²) in [7, 11) is 0. The molecule has 0 radical (unpaired) electrons. The molecule has 0 amide bonds. The number of hydrogen-bond acceptors (Lipinski definition) is 3. The molecule has 3 nitrogen and oxygen atoms in total. The molecule has 20 heavy (non-hydrogen) atoms. The Balaban J connectivity index is 2.36. The largest absolute Gasteiger partial charge is 0.340 e. The van der Waals surface area contributed by atoms with Crippen LogP contribution < -0.4 is 5.32 Å². The molecule has 0 aliphatic heterocycles. The first-order valence-electron chi connectivity index (χ1n) is 6.25. The van der Waals surface area contributed by atoms with Crippen LogP contribution in [0.2, 0.25) is 10.2 Å². The summed E-state index contributed by atoms with van der Waals surface area (Å²) in [4.78, 5) is 8.62. The van der Waals surface area contributed by atoms with Gasteiger partial charge >= 0.3 is 0 Å². The van der Waals surface area contributed by atoms with Crippen molar-refractivity contribution in [2.45, 2.75) is 26.7 Å². The molecule has 0 bridgehead atoms. The standard InChI is InChI=1S/C14H14Cl2FN3/c1-3-4-12-19-13(16)8(2)14(20-12)18-11-6-9(15)5-10(17)7-11/h5-7H,3-4H2,1-2H3,(H,18,19,20). The molecule has 0 unspecified atom stereocenters. The molecule has 2 rings (SSSR count). The van der Waals surface area contributed by atoms with Crippen molar-refractivity contribution in [3.8, 4) is 0 Å². The maximum atomic E-state index is 13.3. The topological polar surface area (TPSA) is 37.8 Å². The van der Waals surface area contributed by atoms with E-state index in [0.29, 0.717) is 33.1 Å². The van der Waals surface area contributed by atoms with E-state index < -0.39 is 5.82 Å². The quantitative estimate of drug-likeness (QED) is 0.813. The van der Waals surface area contributed by atoms with E-state index in [9.17, 15) is 4.39 Å². The molecule has 1 N–H and O–H groups in total. The zero-order valence-corrected chi connectivity index (χ0v) is 12.7. The highest BCUT2D eigenvalue weighted by Gasteiger charge is 2.10. The Morgan fingerprint density at radius 1 is 1.20 bits per heavy atom. The Morgan fingerprint density at radius 2 is 1.95 bits per heavy atom. The Labute approximate surface area is 127 Å². The zero-order chi connectivity index (χ0) is 14.7. The number of aryl methyl sites for hydroxylation is 1. The number of rotatable bonds is 4. The Kier molecular flexibility index (Phi) is 4.78. The van der Waals surface area contributed by atoms with Crippen molar-refractivity contribution < 1.29 is 4.39 Å². The minimum atomic E-state index is -0.411. The van der Waals surface area contributed by atoms with Crippen LogP contribution in [0, 0.1) is 12.7 Å². The van der Waals surface area contributed by atoms with Crippen molar-refractivity contribution in [3.63, 3.8) is 0 Å². The molecule has 0 fully saturated rings. The lowest BCUT2D eigenvalue weighted by molar-refractivity contribution is 0.628. The fourth-order valence-electron chi connectivity index (χ4n) is 1.75. The highest BCUT2D eigenvalue weighted by Crippen LogP contribution is 2.26. The van der Waals surface area contributed by atoms with Crippen molar-refractivity contribution in [2.24, 2.45) is 0 Å². The fourth-order valence-corrected chi connectivity index (χ4v) is 2.16. The normalized spacial score (nSPS) is 10.7. The van der Waals surface area contributed by atoms with Crippen LogP contribution in [0.5, 0.6) is 0 Å². The van der Waals surface area contributed by atoms with Gasteiger partial charge in [0.1, 0.15) is 22.6 Å². The number of anilines is 2. The summed E-state index contributed by atoms with van der Waals surface area (Å²) in [6, 6.07) is 4.22. The molecule has 0 spiro atoms. The average Bonchev–Trinajstić information content (AvgIpc) is 2.34. The molecule has 1 aromatic heterocycles. The van der Waals surface area contributed by atoms with Gasteiger partial charge in [-0.1, -0.05) is 30.1 Å². The van der Waals surface area contributed by atoms with Crippen LogP contribution >= 0.6 is 23.2 Å². The van der Waals surface area contributed by atoms with Crippen molar-refractivity contribution >= 4 is 34.7 Å². The molecular weight excluding hydrogens is 300 g/mol. The molecule has 1 heterocycles. The van der Waals surface area contributed by atoms with Gasteiger partial charge in [-0.15, -0.1) is 0 Å². The minimum Gasteiger partial charge on any atom is -0.340 e. The van der Waals surface area contributed by atoms with E-state index in [2.05, 4.69) is 15.3 Å². The van der Waals surface area contributed by atoms with Gasteiger partial charge in [0.15, 0.2) is 0 Å². The molecule has 1 aromatic carbocycles. The summed E-state index contributed by atoms with van der Waals surface area (Å²) >= 11 is 11.9. The predicted molar refractivity (Wildman–Crippen MR) is 80.5 cm³/mol. The van der Waals surface area contributed by atoms with Crippen LogP contribution in [0.3, 0.4) is 0 Å². The summed E-state index contributed by atoms with van der Waals surface area (Å²) in [5.74, 6) is 0.815. The van der Waals surface area contributed by atoms with Gasteiger partial charge in [-0.3, -0.25) is 0 Å². The van der Waals surface area contributed by atoms with Gasteiger partial charge in [0.2, 0.25) is 0 Å². The van der Waals surface area contributed by atoms with E-state index in [1.165, 1.54) is 12.1 Å². The third kappa shape index (κ3) is 3.58. The third-order valence-electron chi connectivity index (χ3n) is 2.73. The summed E-state index contributed by atoms with van der Waals surface area (Å²) in [6.07, 6.45) is 1.66. The second-order valence-electron chi connectivity index (χ2n) is 4.44. The van der Waals surface area contributed by atoms with E-state index in [-0.39, 0.29) is 0 Å². The predicted octanol–water partition coefficient (Wildman–Crippen LogP) is 4.93. The molecule has 0 saturated carbocycles. The number of hydrogen-bond donors (Lipinski definition) is 1. The number of aromatic nitrogens is 2. The first kappa shape index (κ1) is 15.0. The van der Waals surface area contributed by atoms with E-state index >= 15 is 0 Å². The lowest BCUT2D eigenvalue weighted by Crippen LogP contribution is -2.04. The summed E-state index contributed by atoms with van der Waals surface area (Å²) in [5.41, 5.74) is 1.24. The second kappa shape index (κ2) is 6.37. The molecule has 106 valence electrons. The maximum absolute atomic E-state index is 13.3. The van der Waals surface area contributed by atoms with E-state index in [4.69, 9.17) is 23.2 Å². The smallest absolute Gasteiger partial charge is 0.138 e. The Morgan fingerprint density at radius 3 is 2.60 bits per heavy atom. The molecule has 0 atom stereocenters. The highest BCUT2D eigenvalue weighted by molar-refractivity contribution is 6.31. The summed E-state index contributed by atoms with van der Waals surface area (Å²) in [5, 5.41) is 3.75.